The molecule has 1 fully saturated rings. The summed E-state index contributed by atoms with van der Waals surface area (Å²) in [5.74, 6) is 1.16. The number of methoxy groups -OCH3 is 1. The van der Waals surface area contributed by atoms with E-state index in [1.54, 1.807) is 12.1 Å². The van der Waals surface area contributed by atoms with E-state index in [0.29, 0.717) is 30.7 Å². The number of carbonyl (C=O) groups is 1. The largest absolute Gasteiger partial charge is 0.504 e. The number of urea groups is 1. The summed E-state index contributed by atoms with van der Waals surface area (Å²) in [5, 5.41) is 12.6. The van der Waals surface area contributed by atoms with Crippen LogP contribution in [0.1, 0.15) is 38.7 Å². The molecule has 1 aromatic carbocycles. The molecule has 2 amide bonds. The van der Waals surface area contributed by atoms with E-state index < -0.39 is 0 Å². The minimum atomic E-state index is 0.0250. The number of nitrogens with one attached hydrogen (secondary N) is 1. The maximum absolute atomic E-state index is 12.4. The van der Waals surface area contributed by atoms with E-state index in [4.69, 9.17) is 4.74 Å². The quantitative estimate of drug-likeness (QED) is 0.896. The van der Waals surface area contributed by atoms with Crippen molar-refractivity contribution in [1.82, 2.24) is 10.2 Å². The van der Waals surface area contributed by atoms with E-state index in [1.165, 1.54) is 20.0 Å². The van der Waals surface area contributed by atoms with Crippen LogP contribution in [0.25, 0.3) is 0 Å². The Kier molecular flexibility index (Phi) is 6.13. The molecule has 0 bridgehead atoms. The molecule has 0 saturated carbocycles. The monoisotopic (exact) mass is 320 g/mol. The highest BCUT2D eigenvalue weighted by atomic mass is 16.5. The summed E-state index contributed by atoms with van der Waals surface area (Å²) in [4.78, 5) is 14.4. The number of amides is 2. The first-order valence-corrected chi connectivity index (χ1v) is 8.41. The third kappa shape index (κ3) is 4.78. The van der Waals surface area contributed by atoms with Crippen LogP contribution in [0.5, 0.6) is 11.5 Å². The van der Waals surface area contributed by atoms with Crippen molar-refractivity contribution in [2.45, 2.75) is 45.6 Å². The van der Waals surface area contributed by atoms with Crippen LogP contribution in [0.4, 0.5) is 4.79 Å². The zero-order valence-corrected chi connectivity index (χ0v) is 14.3. The number of rotatable bonds is 4. The number of hydrogen-bond acceptors (Lipinski definition) is 3. The van der Waals surface area contributed by atoms with Crippen molar-refractivity contribution >= 4 is 6.03 Å². The van der Waals surface area contributed by atoms with Gasteiger partial charge in [-0.25, -0.2) is 4.79 Å². The molecule has 128 valence electrons. The Morgan fingerprint density at radius 1 is 1.39 bits per heavy atom. The highest BCUT2D eigenvalue weighted by Gasteiger charge is 2.24. The molecule has 1 heterocycles. The molecule has 2 rings (SSSR count). The van der Waals surface area contributed by atoms with Gasteiger partial charge in [0.05, 0.1) is 7.11 Å². The molecule has 0 aliphatic carbocycles. The van der Waals surface area contributed by atoms with Crippen molar-refractivity contribution in [3.05, 3.63) is 23.8 Å². The third-order valence-corrected chi connectivity index (χ3v) is 4.55. The molecule has 0 aromatic heterocycles. The predicted molar refractivity (Wildman–Crippen MR) is 90.9 cm³/mol. The molecule has 0 spiro atoms. The maximum atomic E-state index is 12.4. The Labute approximate surface area is 138 Å². The van der Waals surface area contributed by atoms with Crippen molar-refractivity contribution < 1.29 is 14.6 Å². The van der Waals surface area contributed by atoms with Crippen LogP contribution in [0.3, 0.4) is 0 Å². The lowest BCUT2D eigenvalue weighted by molar-refractivity contribution is 0.174. The van der Waals surface area contributed by atoms with Gasteiger partial charge in [-0.2, -0.15) is 0 Å². The molecule has 0 radical (unpaired) electrons. The lowest BCUT2D eigenvalue weighted by Gasteiger charge is -2.28. The van der Waals surface area contributed by atoms with E-state index in [-0.39, 0.29) is 11.8 Å². The molecule has 5 heteroatoms. The van der Waals surface area contributed by atoms with Gasteiger partial charge in [-0.1, -0.05) is 19.4 Å². The Morgan fingerprint density at radius 2 is 2.17 bits per heavy atom. The predicted octanol–water partition coefficient (Wildman–Crippen LogP) is 3.16. The number of phenols is 1. The zero-order chi connectivity index (χ0) is 16.8. The summed E-state index contributed by atoms with van der Waals surface area (Å²) in [6, 6.07) is 5.60. The first-order valence-electron chi connectivity index (χ1n) is 8.41. The van der Waals surface area contributed by atoms with E-state index in [1.807, 2.05) is 11.0 Å². The molecular weight excluding hydrogens is 292 g/mol. The molecule has 0 unspecified atom stereocenters. The smallest absolute Gasteiger partial charge is 0.317 e. The number of ether oxygens (including phenoxy) is 1. The van der Waals surface area contributed by atoms with Crippen LogP contribution in [0.2, 0.25) is 0 Å². The van der Waals surface area contributed by atoms with Crippen LogP contribution in [-0.4, -0.2) is 42.3 Å². The van der Waals surface area contributed by atoms with E-state index in [2.05, 4.69) is 19.2 Å². The Hall–Kier alpha value is -1.91. The lowest BCUT2D eigenvalue weighted by atomic mass is 10.1. The van der Waals surface area contributed by atoms with Gasteiger partial charge in [-0.05, 0) is 49.8 Å². The Morgan fingerprint density at radius 3 is 2.91 bits per heavy atom. The molecule has 1 aliphatic rings. The van der Waals surface area contributed by atoms with Crippen LogP contribution >= 0.6 is 0 Å². The molecule has 1 aliphatic heterocycles. The summed E-state index contributed by atoms with van der Waals surface area (Å²) in [7, 11) is 1.53. The van der Waals surface area contributed by atoms with Gasteiger partial charge in [0.15, 0.2) is 11.5 Å². The normalized spacial score (nSPS) is 21.6. The second-order valence-corrected chi connectivity index (χ2v) is 6.53. The minimum Gasteiger partial charge on any atom is -0.504 e. The van der Waals surface area contributed by atoms with Gasteiger partial charge < -0.3 is 20.1 Å². The van der Waals surface area contributed by atoms with Crippen molar-refractivity contribution in [1.29, 1.82) is 0 Å². The van der Waals surface area contributed by atoms with Gasteiger partial charge in [0, 0.05) is 19.1 Å². The van der Waals surface area contributed by atoms with E-state index in [0.717, 1.165) is 18.5 Å². The number of likely N-dealkylation sites (tertiary alicyclic amines) is 1. The third-order valence-electron chi connectivity index (χ3n) is 4.55. The van der Waals surface area contributed by atoms with E-state index >= 15 is 0 Å². The first-order chi connectivity index (χ1) is 11.0. The average Bonchev–Trinajstić information content (AvgIpc) is 2.70. The van der Waals surface area contributed by atoms with Gasteiger partial charge in [0.1, 0.15) is 0 Å². The average molecular weight is 320 g/mol. The zero-order valence-electron chi connectivity index (χ0n) is 14.3. The minimum absolute atomic E-state index is 0.0250. The summed E-state index contributed by atoms with van der Waals surface area (Å²) in [6.45, 7) is 5.74. The maximum Gasteiger partial charge on any atom is 0.317 e. The topological polar surface area (TPSA) is 61.8 Å². The van der Waals surface area contributed by atoms with Crippen LogP contribution in [0, 0.1) is 5.92 Å². The molecule has 2 atom stereocenters. The van der Waals surface area contributed by atoms with Crippen LogP contribution in [-0.2, 0) is 6.42 Å². The highest BCUT2D eigenvalue weighted by molar-refractivity contribution is 5.74. The summed E-state index contributed by atoms with van der Waals surface area (Å²) >= 11 is 0. The fraction of sp³-hybridized carbons (Fsp3) is 0.611. The number of nitrogens with zero attached hydrogens (tertiary/aromatic N) is 1. The van der Waals surface area contributed by atoms with Gasteiger partial charge >= 0.3 is 6.03 Å². The summed E-state index contributed by atoms with van der Waals surface area (Å²) in [6.07, 6.45) is 4.17. The van der Waals surface area contributed by atoms with Gasteiger partial charge in [0.2, 0.25) is 0 Å². The summed E-state index contributed by atoms with van der Waals surface area (Å²) in [5.41, 5.74) is 1.03. The van der Waals surface area contributed by atoms with Crippen LogP contribution < -0.4 is 10.1 Å². The molecule has 23 heavy (non-hydrogen) atoms. The second-order valence-electron chi connectivity index (χ2n) is 6.53. The number of hydrogen-bond donors (Lipinski definition) is 2. The summed E-state index contributed by atoms with van der Waals surface area (Å²) < 4.78 is 5.10. The second kappa shape index (κ2) is 8.09. The number of benzene rings is 1. The molecule has 1 saturated heterocycles. The van der Waals surface area contributed by atoms with Crippen molar-refractivity contribution in [3.63, 3.8) is 0 Å². The fourth-order valence-corrected chi connectivity index (χ4v) is 3.10. The van der Waals surface area contributed by atoms with Crippen molar-refractivity contribution in [2.75, 3.05) is 20.2 Å². The molecular formula is C18H28N2O3. The standard InChI is InChI=1S/C18H28N2O3/c1-13-5-4-6-14(2)20(12-13)18(22)19-10-9-15-7-8-16(21)17(11-15)23-3/h7-8,11,13-14,21H,4-6,9-10,12H2,1-3H3,(H,19,22)/t13-,14-/m0/s1. The molecule has 2 N–H and O–H groups in total. The van der Waals surface area contributed by atoms with Crippen LogP contribution in [0.15, 0.2) is 18.2 Å². The van der Waals surface area contributed by atoms with Gasteiger partial charge in [-0.15, -0.1) is 0 Å². The highest BCUT2D eigenvalue weighted by Crippen LogP contribution is 2.26. The van der Waals surface area contributed by atoms with E-state index in [9.17, 15) is 9.90 Å². The Bertz CT molecular complexity index is 533. The fourth-order valence-electron chi connectivity index (χ4n) is 3.10. The first kappa shape index (κ1) is 17.4. The lowest BCUT2D eigenvalue weighted by Crippen LogP contribution is -2.46. The molecule has 1 aromatic rings. The SMILES string of the molecule is COc1cc(CCNC(=O)N2C[C@@H](C)CCC[C@@H]2C)ccc1O. The number of phenolic OH excluding ortho intramolecular Hbond substituents is 1. The number of carbonyl (C=O) groups excluding carboxylic acids is 1. The molecule has 5 nitrogen and oxygen atoms in total. The van der Waals surface area contributed by atoms with Crippen molar-refractivity contribution in [2.24, 2.45) is 5.92 Å². The Balaban J connectivity index is 1.86. The van der Waals surface area contributed by atoms with Gasteiger partial charge in [-0.3, -0.25) is 0 Å². The number of aromatic hydroxyl groups is 1. The van der Waals surface area contributed by atoms with Crippen molar-refractivity contribution in [3.8, 4) is 11.5 Å². The van der Waals surface area contributed by atoms with Gasteiger partial charge in [0.25, 0.3) is 0 Å².